The number of hydrogen-bond acceptors (Lipinski definition) is 1. The second kappa shape index (κ2) is 5.75. The van der Waals surface area contributed by atoms with Gasteiger partial charge in [0.25, 0.3) is 0 Å². The van der Waals surface area contributed by atoms with Crippen LogP contribution in [-0.2, 0) is 4.79 Å². The predicted octanol–water partition coefficient (Wildman–Crippen LogP) is 4.80. The van der Waals surface area contributed by atoms with Gasteiger partial charge in [0.15, 0.2) is 0 Å². The molecule has 2 nitrogen and oxygen atoms in total. The molecule has 1 aromatic carbocycles. The van der Waals surface area contributed by atoms with Gasteiger partial charge in [0.1, 0.15) is 0 Å². The van der Waals surface area contributed by atoms with E-state index in [2.05, 4.69) is 0 Å². The zero-order valence-electron chi connectivity index (χ0n) is 10.6. The number of rotatable bonds is 3. The van der Waals surface area contributed by atoms with Crippen LogP contribution >= 0.6 is 11.6 Å². The third-order valence-corrected chi connectivity index (χ3v) is 3.20. The Morgan fingerprint density at radius 2 is 1.67 bits per heavy atom. The number of amides is 1. The Hall–Kier alpha value is -1.44. The Morgan fingerprint density at radius 1 is 1.14 bits per heavy atom. The van der Waals surface area contributed by atoms with Gasteiger partial charge in [0.2, 0.25) is 11.3 Å². The third kappa shape index (κ3) is 3.25. The van der Waals surface area contributed by atoms with E-state index in [0.717, 1.165) is 12.1 Å². The van der Waals surface area contributed by atoms with Gasteiger partial charge in [-0.05, 0) is 24.6 Å². The smallest absolute Gasteiger partial charge is 0.325 e. The number of nitrogens with one attached hydrogen (secondary N) is 1. The number of carbonyl (C=O) groups excluding carboxylic acids is 1. The highest BCUT2D eigenvalue weighted by Gasteiger charge is 2.74. The zero-order chi connectivity index (χ0) is 16.5. The number of alkyl halides is 6. The number of benzene rings is 1. The maximum Gasteiger partial charge on any atom is 0.412 e. The normalized spacial score (nSPS) is 13.1. The van der Waals surface area contributed by atoms with Crippen molar-refractivity contribution in [3.63, 3.8) is 0 Å². The molecule has 9 heteroatoms. The molecule has 0 spiro atoms. The molecular weight excluding hydrogens is 324 g/mol. The first-order valence-electron chi connectivity index (χ1n) is 5.66. The molecular formula is C12H10ClF6NO. The number of anilines is 1. The van der Waals surface area contributed by atoms with E-state index in [-0.39, 0.29) is 10.7 Å². The summed E-state index contributed by atoms with van der Waals surface area (Å²) in [6, 6.07) is 4.83. The van der Waals surface area contributed by atoms with Crippen molar-refractivity contribution in [2.24, 2.45) is 5.41 Å². The van der Waals surface area contributed by atoms with Crippen molar-refractivity contribution in [3.8, 4) is 0 Å². The molecule has 0 bridgehead atoms. The van der Waals surface area contributed by atoms with Crippen LogP contribution in [0.25, 0.3) is 0 Å². The molecule has 0 saturated carbocycles. The summed E-state index contributed by atoms with van der Waals surface area (Å²) in [6.45, 7) is 0.651. The minimum Gasteiger partial charge on any atom is -0.325 e. The first-order chi connectivity index (χ1) is 9.45. The van der Waals surface area contributed by atoms with Crippen LogP contribution in [-0.4, -0.2) is 18.3 Å². The number of halogens is 7. The molecule has 1 N–H and O–H groups in total. The Morgan fingerprint density at radius 3 is 2.05 bits per heavy atom. The fourth-order valence-corrected chi connectivity index (χ4v) is 1.97. The van der Waals surface area contributed by atoms with E-state index in [9.17, 15) is 31.1 Å². The topological polar surface area (TPSA) is 29.1 Å². The average Bonchev–Trinajstić information content (AvgIpc) is 2.25. The number of hydrogen-bond donors (Lipinski definition) is 1. The van der Waals surface area contributed by atoms with Crippen LogP contribution in [0.5, 0.6) is 0 Å². The molecule has 1 rings (SSSR count). The maximum absolute atomic E-state index is 12.9. The van der Waals surface area contributed by atoms with E-state index in [4.69, 9.17) is 11.6 Å². The summed E-state index contributed by atoms with van der Waals surface area (Å²) in [5, 5.41) is 1.69. The van der Waals surface area contributed by atoms with Crippen LogP contribution in [0.3, 0.4) is 0 Å². The first kappa shape index (κ1) is 17.6. The standard InChI is InChI=1S/C12H10ClF6NO/c1-2-10(11(14,15)16,12(17,18)19)9(21)20-8-5-3-4-7(13)6-8/h3-6H,2H2,1H3,(H,20,21). The molecule has 118 valence electrons. The second-order valence-electron chi connectivity index (χ2n) is 4.22. The lowest BCUT2D eigenvalue weighted by molar-refractivity contribution is -0.324. The minimum atomic E-state index is -5.78. The Balaban J connectivity index is 3.25. The molecule has 0 aliphatic heterocycles. The van der Waals surface area contributed by atoms with E-state index in [1.165, 1.54) is 12.1 Å². The largest absolute Gasteiger partial charge is 0.412 e. The van der Waals surface area contributed by atoms with Gasteiger partial charge < -0.3 is 5.32 Å². The molecule has 0 aliphatic rings. The highest BCUT2D eigenvalue weighted by molar-refractivity contribution is 6.30. The van der Waals surface area contributed by atoms with E-state index < -0.39 is 30.1 Å². The van der Waals surface area contributed by atoms with E-state index in [1.54, 1.807) is 5.32 Å². The lowest BCUT2D eigenvalue weighted by atomic mass is 9.82. The van der Waals surface area contributed by atoms with Crippen LogP contribution in [0.4, 0.5) is 32.0 Å². The van der Waals surface area contributed by atoms with Crippen LogP contribution in [0.1, 0.15) is 13.3 Å². The van der Waals surface area contributed by atoms with Crippen molar-refractivity contribution < 1.29 is 31.1 Å². The molecule has 21 heavy (non-hydrogen) atoms. The lowest BCUT2D eigenvalue weighted by Crippen LogP contribution is -2.57. The molecule has 0 heterocycles. The van der Waals surface area contributed by atoms with Crippen LogP contribution in [0.15, 0.2) is 24.3 Å². The van der Waals surface area contributed by atoms with Gasteiger partial charge in [-0.15, -0.1) is 0 Å². The summed E-state index contributed by atoms with van der Waals surface area (Å²) >= 11 is 5.56. The molecule has 0 fully saturated rings. The summed E-state index contributed by atoms with van der Waals surface area (Å²) in [6.07, 6.45) is -13.0. The van der Waals surface area contributed by atoms with Gasteiger partial charge >= 0.3 is 12.4 Å². The summed E-state index contributed by atoms with van der Waals surface area (Å²) in [7, 11) is 0. The fraction of sp³-hybridized carbons (Fsp3) is 0.417. The second-order valence-corrected chi connectivity index (χ2v) is 4.66. The van der Waals surface area contributed by atoms with Gasteiger partial charge in [0, 0.05) is 10.7 Å². The summed E-state index contributed by atoms with van der Waals surface area (Å²) in [5.74, 6) is -2.19. The van der Waals surface area contributed by atoms with Gasteiger partial charge in [0.05, 0.1) is 0 Å². The highest BCUT2D eigenvalue weighted by atomic mass is 35.5. The quantitative estimate of drug-likeness (QED) is 0.791. The lowest BCUT2D eigenvalue weighted by Gasteiger charge is -2.34. The van der Waals surface area contributed by atoms with Crippen molar-refractivity contribution >= 4 is 23.2 Å². The van der Waals surface area contributed by atoms with Gasteiger partial charge in [-0.2, -0.15) is 26.3 Å². The Labute approximate surface area is 121 Å². The fourth-order valence-electron chi connectivity index (χ4n) is 1.78. The average molecular weight is 334 g/mol. The molecule has 1 aromatic rings. The molecule has 0 atom stereocenters. The van der Waals surface area contributed by atoms with Gasteiger partial charge in [-0.1, -0.05) is 24.6 Å². The minimum absolute atomic E-state index is 0.0638. The van der Waals surface area contributed by atoms with Crippen molar-refractivity contribution in [2.45, 2.75) is 25.7 Å². The summed E-state index contributed by atoms with van der Waals surface area (Å²) in [5.41, 5.74) is -4.72. The van der Waals surface area contributed by atoms with Crippen molar-refractivity contribution in [1.29, 1.82) is 0 Å². The maximum atomic E-state index is 12.9. The van der Waals surface area contributed by atoms with Crippen LogP contribution < -0.4 is 5.32 Å². The van der Waals surface area contributed by atoms with Crippen molar-refractivity contribution in [1.82, 2.24) is 0 Å². The zero-order valence-corrected chi connectivity index (χ0v) is 11.3. The number of carbonyl (C=O) groups is 1. The van der Waals surface area contributed by atoms with Gasteiger partial charge in [-0.3, -0.25) is 4.79 Å². The summed E-state index contributed by atoms with van der Waals surface area (Å²) < 4.78 is 77.4. The predicted molar refractivity (Wildman–Crippen MR) is 64.9 cm³/mol. The van der Waals surface area contributed by atoms with Crippen LogP contribution in [0, 0.1) is 5.41 Å². The Kier molecular flexibility index (Phi) is 4.82. The third-order valence-electron chi connectivity index (χ3n) is 2.97. The van der Waals surface area contributed by atoms with Crippen molar-refractivity contribution in [3.05, 3.63) is 29.3 Å². The molecule has 0 radical (unpaired) electrons. The molecule has 0 unspecified atom stereocenters. The molecule has 0 aliphatic carbocycles. The summed E-state index contributed by atoms with van der Waals surface area (Å²) in [4.78, 5) is 11.7. The first-order valence-corrected chi connectivity index (χ1v) is 6.04. The van der Waals surface area contributed by atoms with Crippen LogP contribution in [0.2, 0.25) is 5.02 Å². The molecule has 1 amide bonds. The molecule has 0 aromatic heterocycles. The van der Waals surface area contributed by atoms with E-state index in [0.29, 0.717) is 6.92 Å². The molecule has 0 saturated heterocycles. The Bertz CT molecular complexity index is 511. The van der Waals surface area contributed by atoms with E-state index >= 15 is 0 Å². The van der Waals surface area contributed by atoms with Gasteiger partial charge in [-0.25, -0.2) is 0 Å². The van der Waals surface area contributed by atoms with E-state index in [1.807, 2.05) is 0 Å². The van der Waals surface area contributed by atoms with Crippen molar-refractivity contribution in [2.75, 3.05) is 5.32 Å². The highest BCUT2D eigenvalue weighted by Crippen LogP contribution is 2.53. The monoisotopic (exact) mass is 333 g/mol. The SMILES string of the molecule is CCC(C(=O)Nc1cccc(Cl)c1)(C(F)(F)F)C(F)(F)F.